The second-order valence-electron chi connectivity index (χ2n) is 11.5. The average molecular weight is 578 g/mol. The van der Waals surface area contributed by atoms with E-state index in [-0.39, 0.29) is 19.3 Å². The van der Waals surface area contributed by atoms with Crippen LogP contribution in [0.5, 0.6) is 5.75 Å². The highest BCUT2D eigenvalue weighted by atomic mass is 16.5. The lowest BCUT2D eigenvalue weighted by atomic mass is 9.96. The molecule has 1 unspecified atom stereocenters. The van der Waals surface area contributed by atoms with Gasteiger partial charge in [0.05, 0.1) is 17.6 Å². The summed E-state index contributed by atoms with van der Waals surface area (Å²) in [6.45, 7) is 1.79. The number of benzene rings is 3. The zero-order valence-corrected chi connectivity index (χ0v) is 24.0. The standard InChI is InChI=1S/C34H35N5O4/c35-34-26-8-5-7-24(25(26)13-14-36-34)23-16-27-29(20-43-30-9-2-1-6-22(30)18-32(40)41)38-39(31-10-3-4-15-42-31)33(27)28(17-23)37-19-21-11-12-21/h1-2,5-9,13-14,16-17,21,31,37H,3-4,10-12,15,18-20H2,(H2,35,36)(H,40,41). The van der Waals surface area contributed by atoms with Gasteiger partial charge in [-0.3, -0.25) is 4.79 Å². The maximum atomic E-state index is 11.5. The number of aromatic nitrogens is 3. The molecule has 0 spiro atoms. The number of nitrogens with two attached hydrogens (primary N) is 1. The Morgan fingerprint density at radius 3 is 2.74 bits per heavy atom. The molecule has 0 amide bonds. The van der Waals surface area contributed by atoms with Gasteiger partial charge >= 0.3 is 5.97 Å². The molecule has 3 heterocycles. The van der Waals surface area contributed by atoms with Crippen molar-refractivity contribution in [1.82, 2.24) is 14.8 Å². The lowest BCUT2D eigenvalue weighted by Crippen LogP contribution is -2.20. The van der Waals surface area contributed by atoms with Crippen LogP contribution in [0.3, 0.4) is 0 Å². The number of nitrogens with zero attached hydrogens (tertiary/aromatic N) is 3. The van der Waals surface area contributed by atoms with E-state index in [2.05, 4.69) is 28.5 Å². The third-order valence-electron chi connectivity index (χ3n) is 8.41. The minimum atomic E-state index is -0.901. The first-order valence-electron chi connectivity index (χ1n) is 15.0. The van der Waals surface area contributed by atoms with E-state index in [1.54, 1.807) is 12.3 Å². The number of ether oxygens (including phenoxy) is 2. The molecule has 7 rings (SSSR count). The summed E-state index contributed by atoms with van der Waals surface area (Å²) >= 11 is 0. The Balaban J connectivity index is 1.37. The van der Waals surface area contributed by atoms with E-state index >= 15 is 0 Å². The third kappa shape index (κ3) is 5.60. The summed E-state index contributed by atoms with van der Waals surface area (Å²) in [5.74, 6) is 0.825. The van der Waals surface area contributed by atoms with Crippen LogP contribution in [0.4, 0.5) is 11.5 Å². The van der Waals surface area contributed by atoms with E-state index < -0.39 is 5.97 Å². The van der Waals surface area contributed by atoms with Crippen LogP contribution in [0.15, 0.2) is 66.9 Å². The van der Waals surface area contributed by atoms with Gasteiger partial charge in [-0.25, -0.2) is 9.67 Å². The Morgan fingerprint density at radius 1 is 1.05 bits per heavy atom. The maximum absolute atomic E-state index is 11.5. The monoisotopic (exact) mass is 577 g/mol. The van der Waals surface area contributed by atoms with Gasteiger partial charge in [0.1, 0.15) is 23.9 Å². The zero-order valence-electron chi connectivity index (χ0n) is 24.0. The van der Waals surface area contributed by atoms with Crippen molar-refractivity contribution in [3.05, 3.63) is 78.1 Å². The van der Waals surface area contributed by atoms with Gasteiger partial charge in [0.15, 0.2) is 6.23 Å². The summed E-state index contributed by atoms with van der Waals surface area (Å²) in [5.41, 5.74) is 11.8. The molecule has 3 aromatic carbocycles. The Labute approximate surface area is 249 Å². The molecule has 1 atom stereocenters. The lowest BCUT2D eigenvalue weighted by Gasteiger charge is -2.24. The molecule has 9 heteroatoms. The van der Waals surface area contributed by atoms with Crippen molar-refractivity contribution in [2.24, 2.45) is 5.92 Å². The van der Waals surface area contributed by atoms with E-state index in [1.165, 1.54) is 12.8 Å². The Kier molecular flexibility index (Phi) is 7.32. The molecule has 0 radical (unpaired) electrons. The Bertz CT molecular complexity index is 1810. The highest BCUT2D eigenvalue weighted by Gasteiger charge is 2.26. The molecule has 4 N–H and O–H groups in total. The quantitative estimate of drug-likeness (QED) is 0.170. The number of fused-ring (bicyclic) bond motifs is 2. The number of anilines is 2. The van der Waals surface area contributed by atoms with Crippen LogP contribution < -0.4 is 15.8 Å². The molecule has 2 aromatic heterocycles. The first-order chi connectivity index (χ1) is 21.0. The van der Waals surface area contributed by atoms with Gasteiger partial charge in [-0.2, -0.15) is 5.10 Å². The summed E-state index contributed by atoms with van der Waals surface area (Å²) in [4.78, 5) is 15.8. The molecule has 2 fully saturated rings. The fourth-order valence-electron chi connectivity index (χ4n) is 6.01. The highest BCUT2D eigenvalue weighted by molar-refractivity contribution is 6.04. The van der Waals surface area contributed by atoms with Crippen LogP contribution >= 0.6 is 0 Å². The van der Waals surface area contributed by atoms with Crippen molar-refractivity contribution >= 4 is 39.1 Å². The van der Waals surface area contributed by atoms with Gasteiger partial charge in [0.2, 0.25) is 0 Å². The van der Waals surface area contributed by atoms with Crippen LogP contribution in [-0.2, 0) is 22.6 Å². The second kappa shape index (κ2) is 11.6. The van der Waals surface area contributed by atoms with Crippen molar-refractivity contribution < 1.29 is 19.4 Å². The van der Waals surface area contributed by atoms with E-state index in [0.717, 1.165) is 70.0 Å². The minimum absolute atomic E-state index is 0.111. The fraction of sp³-hybridized carbons (Fsp3) is 0.324. The van der Waals surface area contributed by atoms with Gasteiger partial charge in [0, 0.05) is 35.7 Å². The number of hydrogen-bond donors (Lipinski definition) is 3. The van der Waals surface area contributed by atoms with Crippen molar-refractivity contribution in [2.45, 2.75) is 51.4 Å². The normalized spacial score (nSPS) is 16.9. The lowest BCUT2D eigenvalue weighted by molar-refractivity contribution is -0.136. The predicted octanol–water partition coefficient (Wildman–Crippen LogP) is 6.56. The molecule has 1 aliphatic carbocycles. The molecule has 220 valence electrons. The highest BCUT2D eigenvalue weighted by Crippen LogP contribution is 2.40. The first-order valence-corrected chi connectivity index (χ1v) is 15.0. The molecule has 1 aliphatic heterocycles. The SMILES string of the molecule is Nc1nccc2c(-c3cc(NCC4CC4)c4c(c3)c(COc3ccccc3CC(=O)O)nn4C3CCCCO3)cccc12. The van der Waals surface area contributed by atoms with Gasteiger partial charge in [-0.05, 0) is 78.8 Å². The number of rotatable bonds is 10. The number of hydrogen-bond acceptors (Lipinski definition) is 7. The molecule has 1 saturated heterocycles. The number of nitrogens with one attached hydrogen (secondary N) is 1. The summed E-state index contributed by atoms with van der Waals surface area (Å²) in [6, 6.07) is 19.8. The van der Waals surface area contributed by atoms with E-state index in [0.29, 0.717) is 29.7 Å². The molecular formula is C34H35N5O4. The summed E-state index contributed by atoms with van der Waals surface area (Å²) in [7, 11) is 0. The van der Waals surface area contributed by atoms with Crippen molar-refractivity contribution in [1.29, 1.82) is 0 Å². The van der Waals surface area contributed by atoms with Gasteiger partial charge in [0.25, 0.3) is 0 Å². The molecular weight excluding hydrogens is 542 g/mol. The molecule has 1 saturated carbocycles. The van der Waals surface area contributed by atoms with Crippen LogP contribution in [0, 0.1) is 5.92 Å². The number of aliphatic carboxylic acids is 1. The number of carboxylic acid groups (broad SMARTS) is 1. The number of para-hydroxylation sites is 1. The van der Waals surface area contributed by atoms with Crippen LogP contribution in [0.1, 0.15) is 49.6 Å². The van der Waals surface area contributed by atoms with Crippen molar-refractivity contribution in [2.75, 3.05) is 24.2 Å². The van der Waals surface area contributed by atoms with E-state index in [9.17, 15) is 9.90 Å². The summed E-state index contributed by atoms with van der Waals surface area (Å²) in [6.07, 6.45) is 6.96. The van der Waals surface area contributed by atoms with Crippen LogP contribution in [0.2, 0.25) is 0 Å². The molecule has 0 bridgehead atoms. The van der Waals surface area contributed by atoms with Crippen LogP contribution in [0.25, 0.3) is 32.8 Å². The fourth-order valence-corrected chi connectivity index (χ4v) is 6.01. The summed E-state index contributed by atoms with van der Waals surface area (Å²) < 4.78 is 14.6. The maximum Gasteiger partial charge on any atom is 0.307 e. The van der Waals surface area contributed by atoms with Crippen LogP contribution in [-0.4, -0.2) is 39.0 Å². The topological polar surface area (TPSA) is 125 Å². The first kappa shape index (κ1) is 27.2. The second-order valence-corrected chi connectivity index (χ2v) is 11.5. The van der Waals surface area contributed by atoms with E-state index in [1.807, 2.05) is 41.1 Å². The molecule has 2 aliphatic rings. The van der Waals surface area contributed by atoms with E-state index in [4.69, 9.17) is 20.3 Å². The number of nitrogen functional groups attached to an aromatic ring is 1. The zero-order chi connectivity index (χ0) is 29.3. The molecule has 5 aromatic rings. The predicted molar refractivity (Wildman–Crippen MR) is 167 cm³/mol. The molecule has 9 nitrogen and oxygen atoms in total. The summed E-state index contributed by atoms with van der Waals surface area (Å²) in [5, 5.41) is 21.2. The van der Waals surface area contributed by atoms with Gasteiger partial charge in [-0.15, -0.1) is 0 Å². The Morgan fingerprint density at radius 2 is 1.93 bits per heavy atom. The average Bonchev–Trinajstić information content (AvgIpc) is 3.78. The largest absolute Gasteiger partial charge is 0.487 e. The third-order valence-corrected chi connectivity index (χ3v) is 8.41. The smallest absolute Gasteiger partial charge is 0.307 e. The van der Waals surface area contributed by atoms with Gasteiger partial charge in [-0.1, -0.05) is 36.4 Å². The van der Waals surface area contributed by atoms with Crippen molar-refractivity contribution in [3.63, 3.8) is 0 Å². The van der Waals surface area contributed by atoms with Crippen molar-refractivity contribution in [3.8, 4) is 16.9 Å². The minimum Gasteiger partial charge on any atom is -0.487 e. The number of carboxylic acids is 1. The number of pyridine rings is 1. The molecule has 43 heavy (non-hydrogen) atoms. The van der Waals surface area contributed by atoms with Gasteiger partial charge < -0.3 is 25.6 Å². The Hall–Kier alpha value is -4.63. The number of carbonyl (C=O) groups is 1.